The number of anilines is 2. The Morgan fingerprint density at radius 1 is 1.11 bits per heavy atom. The first-order valence-corrected chi connectivity index (χ1v) is 14.5. The number of rotatable bonds is 7. The maximum Gasteiger partial charge on any atom is 0.309 e. The first kappa shape index (κ1) is 29.2. The van der Waals surface area contributed by atoms with E-state index in [-0.39, 0.29) is 41.6 Å². The van der Waals surface area contributed by atoms with Gasteiger partial charge in [0.2, 0.25) is 5.91 Å². The maximum absolute atomic E-state index is 14.8. The summed E-state index contributed by atoms with van der Waals surface area (Å²) < 4.78 is 30.6. The highest BCUT2D eigenvalue weighted by Gasteiger charge is 2.50. The lowest BCUT2D eigenvalue weighted by Crippen LogP contribution is -2.33. The van der Waals surface area contributed by atoms with Crippen molar-refractivity contribution in [1.82, 2.24) is 29.7 Å². The number of benzene rings is 1. The van der Waals surface area contributed by atoms with Gasteiger partial charge in [-0.05, 0) is 52.3 Å². The fourth-order valence-corrected chi connectivity index (χ4v) is 6.24. The number of nitrogen functional groups attached to an aromatic ring is 1. The van der Waals surface area contributed by atoms with Gasteiger partial charge in [0.05, 0.1) is 28.6 Å². The van der Waals surface area contributed by atoms with Crippen LogP contribution in [-0.4, -0.2) is 46.7 Å². The molecule has 0 fully saturated rings. The molecule has 1 aromatic carbocycles. The molecular weight excluding hydrogens is 590 g/mol. The van der Waals surface area contributed by atoms with Crippen molar-refractivity contribution in [2.24, 2.45) is 5.41 Å². The molecule has 4 aromatic heterocycles. The van der Waals surface area contributed by atoms with Crippen LogP contribution in [0.2, 0.25) is 0 Å². The van der Waals surface area contributed by atoms with Crippen LogP contribution >= 0.6 is 11.3 Å². The molecule has 0 bridgehead atoms. The number of carbonyl (C=O) groups is 2. The van der Waals surface area contributed by atoms with Crippen molar-refractivity contribution < 1.29 is 23.5 Å². The quantitative estimate of drug-likeness (QED) is 0.233. The molecule has 1 aliphatic rings. The Morgan fingerprint density at radius 2 is 1.86 bits per heavy atom. The van der Waals surface area contributed by atoms with Crippen LogP contribution in [0.5, 0.6) is 0 Å². The van der Waals surface area contributed by atoms with Gasteiger partial charge in [-0.15, -0.1) is 11.3 Å². The fraction of sp³-hybridized carbons (Fsp3) is 0.300. The minimum atomic E-state index is -1.32. The number of hydrogen-bond acceptors (Lipinski definition) is 9. The number of carbonyl (C=O) groups excluding carboxylic acids is 1. The van der Waals surface area contributed by atoms with E-state index in [0.29, 0.717) is 38.7 Å². The van der Waals surface area contributed by atoms with Gasteiger partial charge in [-0.25, -0.2) is 33.4 Å². The van der Waals surface area contributed by atoms with E-state index in [9.17, 15) is 23.5 Å². The molecule has 0 unspecified atom stereocenters. The number of nitrogens with two attached hydrogens (primary N) is 1. The van der Waals surface area contributed by atoms with Crippen LogP contribution < -0.4 is 11.1 Å². The third kappa shape index (κ3) is 4.56. The third-order valence-corrected chi connectivity index (χ3v) is 9.04. The van der Waals surface area contributed by atoms with Gasteiger partial charge in [-0.3, -0.25) is 9.59 Å². The zero-order valence-electron chi connectivity index (χ0n) is 24.5. The van der Waals surface area contributed by atoms with Crippen molar-refractivity contribution in [2.45, 2.75) is 53.0 Å². The van der Waals surface area contributed by atoms with Crippen LogP contribution in [0.25, 0.3) is 22.6 Å². The van der Waals surface area contributed by atoms with Crippen molar-refractivity contribution in [3.05, 3.63) is 74.4 Å². The standard InChI is InChI=1S/C30H28F2N8O3S/c1-13-6-8-15(20(32)19(13)31)11-40-25-17(9-7-14(2)34-25)21(39-40)24-36-22(33)18-23(37-24)38-26(41)30(18,5)27-35-16(12-44-27)10-29(3,4)28(42)43/h6-9,12H,10-11H2,1-5H3,(H,42,43)(H3,33,36,37,38,41)/t30-/m1/s1. The number of aliphatic carboxylic acids is 1. The first-order chi connectivity index (χ1) is 20.7. The number of nitrogens with one attached hydrogen (secondary N) is 1. The van der Waals surface area contributed by atoms with Gasteiger partial charge in [-0.2, -0.15) is 5.10 Å². The average Bonchev–Trinajstić information content (AvgIpc) is 3.63. The summed E-state index contributed by atoms with van der Waals surface area (Å²) in [6.07, 6.45) is 0.177. The van der Waals surface area contributed by atoms with E-state index in [1.807, 2.05) is 0 Å². The van der Waals surface area contributed by atoms with Gasteiger partial charge in [-0.1, -0.05) is 12.1 Å². The Morgan fingerprint density at radius 3 is 2.59 bits per heavy atom. The summed E-state index contributed by atoms with van der Waals surface area (Å²) in [5, 5.41) is 19.7. The maximum atomic E-state index is 14.8. The van der Waals surface area contributed by atoms with E-state index in [2.05, 4.69) is 30.4 Å². The largest absolute Gasteiger partial charge is 0.481 e. The molecule has 4 N–H and O–H groups in total. The number of thiazole rings is 1. The predicted octanol–water partition coefficient (Wildman–Crippen LogP) is 4.78. The van der Waals surface area contributed by atoms with Crippen LogP contribution in [0.3, 0.4) is 0 Å². The Kier molecular flexibility index (Phi) is 6.72. The zero-order valence-corrected chi connectivity index (χ0v) is 25.3. The van der Waals surface area contributed by atoms with Crippen molar-refractivity contribution in [2.75, 3.05) is 11.1 Å². The molecule has 0 aliphatic carbocycles. The molecule has 0 saturated carbocycles. The third-order valence-electron chi connectivity index (χ3n) is 7.93. The number of aryl methyl sites for hydroxylation is 2. The van der Waals surface area contributed by atoms with E-state index >= 15 is 0 Å². The molecule has 0 radical (unpaired) electrons. The first-order valence-electron chi connectivity index (χ1n) is 13.7. The molecule has 1 atom stereocenters. The van der Waals surface area contributed by atoms with Gasteiger partial charge in [0.15, 0.2) is 23.1 Å². The van der Waals surface area contributed by atoms with Crippen LogP contribution in [0, 0.1) is 30.9 Å². The Labute approximate surface area is 254 Å². The Bertz CT molecular complexity index is 2020. The summed E-state index contributed by atoms with van der Waals surface area (Å²) in [4.78, 5) is 43.4. The van der Waals surface area contributed by atoms with E-state index in [1.54, 1.807) is 45.2 Å². The molecule has 44 heavy (non-hydrogen) atoms. The van der Waals surface area contributed by atoms with Crippen molar-refractivity contribution in [3.63, 3.8) is 0 Å². The number of hydrogen-bond donors (Lipinski definition) is 3. The number of amides is 1. The summed E-state index contributed by atoms with van der Waals surface area (Å²) in [5.41, 5.74) is 6.71. The molecule has 0 saturated heterocycles. The van der Waals surface area contributed by atoms with E-state index in [4.69, 9.17) is 5.73 Å². The SMILES string of the molecule is Cc1ccc2c(-c3nc(N)c4c(n3)NC(=O)[C@]4(C)c3nc(CC(C)(C)C(=O)O)cs3)nn(Cc3ccc(C)c(F)c3F)c2n1. The van der Waals surface area contributed by atoms with E-state index < -0.39 is 34.3 Å². The summed E-state index contributed by atoms with van der Waals surface area (Å²) in [7, 11) is 0. The van der Waals surface area contributed by atoms with Crippen LogP contribution in [0.1, 0.15) is 53.9 Å². The molecule has 1 aliphatic heterocycles. The molecule has 5 aromatic rings. The van der Waals surface area contributed by atoms with Gasteiger partial charge in [0, 0.05) is 23.1 Å². The minimum absolute atomic E-state index is 0.0305. The van der Waals surface area contributed by atoms with Gasteiger partial charge < -0.3 is 16.2 Å². The van der Waals surface area contributed by atoms with Crippen molar-refractivity contribution in [1.29, 1.82) is 0 Å². The molecular formula is C30H28F2N8O3S. The Balaban J connectivity index is 1.42. The smallest absolute Gasteiger partial charge is 0.309 e. The monoisotopic (exact) mass is 618 g/mol. The lowest BCUT2D eigenvalue weighted by atomic mass is 9.85. The lowest BCUT2D eigenvalue weighted by Gasteiger charge is -2.20. The normalized spacial score (nSPS) is 16.4. The molecule has 1 amide bonds. The van der Waals surface area contributed by atoms with E-state index in [0.717, 1.165) is 0 Å². The van der Waals surface area contributed by atoms with Crippen LogP contribution in [0.15, 0.2) is 29.6 Å². The molecule has 14 heteroatoms. The number of pyridine rings is 1. The molecule has 11 nitrogen and oxygen atoms in total. The van der Waals surface area contributed by atoms with Crippen molar-refractivity contribution in [3.8, 4) is 11.5 Å². The number of halogens is 2. The fourth-order valence-electron chi connectivity index (χ4n) is 5.26. The molecule has 5 heterocycles. The van der Waals surface area contributed by atoms with Gasteiger partial charge in [0.1, 0.15) is 27.8 Å². The number of fused-ring (bicyclic) bond motifs is 2. The van der Waals surface area contributed by atoms with Crippen LogP contribution in [0.4, 0.5) is 20.4 Å². The second kappa shape index (κ2) is 10.1. The highest BCUT2D eigenvalue weighted by molar-refractivity contribution is 7.10. The number of nitrogens with zero attached hydrogens (tertiary/aromatic N) is 6. The number of carboxylic acid groups (broad SMARTS) is 1. The predicted molar refractivity (Wildman–Crippen MR) is 160 cm³/mol. The summed E-state index contributed by atoms with van der Waals surface area (Å²) in [6, 6.07) is 6.57. The highest BCUT2D eigenvalue weighted by Crippen LogP contribution is 2.46. The van der Waals surface area contributed by atoms with E-state index in [1.165, 1.54) is 35.1 Å². The molecule has 226 valence electrons. The lowest BCUT2D eigenvalue weighted by molar-refractivity contribution is -0.146. The van der Waals surface area contributed by atoms with Crippen LogP contribution in [-0.2, 0) is 28.0 Å². The summed E-state index contributed by atoms with van der Waals surface area (Å²) in [6.45, 7) is 8.08. The van der Waals surface area contributed by atoms with Crippen molar-refractivity contribution >= 4 is 45.9 Å². The number of aromatic nitrogens is 6. The summed E-state index contributed by atoms with van der Waals surface area (Å²) in [5.74, 6) is -2.91. The topological polar surface area (TPSA) is 162 Å². The second-order valence-electron chi connectivity index (χ2n) is 11.7. The molecule has 0 spiro atoms. The summed E-state index contributed by atoms with van der Waals surface area (Å²) >= 11 is 1.23. The molecule has 6 rings (SSSR count). The second-order valence-corrected chi connectivity index (χ2v) is 12.6. The van der Waals surface area contributed by atoms with Gasteiger partial charge >= 0.3 is 5.97 Å². The highest BCUT2D eigenvalue weighted by atomic mass is 32.1. The zero-order chi connectivity index (χ0) is 31.7. The Hall–Kier alpha value is -4.85. The average molecular weight is 619 g/mol. The minimum Gasteiger partial charge on any atom is -0.481 e. The number of carboxylic acids is 1. The van der Waals surface area contributed by atoms with Gasteiger partial charge in [0.25, 0.3) is 0 Å².